The Morgan fingerprint density at radius 1 is 1.18 bits per heavy atom. The SMILES string of the molecule is O=C1Nc2ccc(CCCl)cc2C1=Cc1ccc(F)cc1Cl. The van der Waals surface area contributed by atoms with Gasteiger partial charge in [0.2, 0.25) is 0 Å². The number of hydrogen-bond acceptors (Lipinski definition) is 1. The maximum atomic E-state index is 13.1. The van der Waals surface area contributed by atoms with E-state index in [1.54, 1.807) is 12.1 Å². The molecular weight excluding hydrogens is 324 g/mol. The van der Waals surface area contributed by atoms with Gasteiger partial charge in [-0.05, 0) is 47.9 Å². The molecular formula is C17H12Cl2FNO. The Morgan fingerprint density at radius 2 is 2.00 bits per heavy atom. The molecule has 0 saturated carbocycles. The molecule has 2 aromatic rings. The average Bonchev–Trinajstić information content (AvgIpc) is 2.78. The summed E-state index contributed by atoms with van der Waals surface area (Å²) in [6.45, 7) is 0. The molecule has 0 bridgehead atoms. The third kappa shape index (κ3) is 2.87. The number of halogens is 3. The van der Waals surface area contributed by atoms with E-state index in [-0.39, 0.29) is 10.9 Å². The van der Waals surface area contributed by atoms with Gasteiger partial charge in [0.25, 0.3) is 5.91 Å². The number of hydrogen-bond donors (Lipinski definition) is 1. The molecule has 0 saturated heterocycles. The molecule has 2 aromatic carbocycles. The minimum Gasteiger partial charge on any atom is -0.321 e. The maximum Gasteiger partial charge on any atom is 0.256 e. The van der Waals surface area contributed by atoms with Crippen LogP contribution in [0.25, 0.3) is 11.6 Å². The molecule has 5 heteroatoms. The molecule has 0 atom stereocenters. The molecule has 3 rings (SSSR count). The van der Waals surface area contributed by atoms with Crippen LogP contribution in [0.3, 0.4) is 0 Å². The Hall–Kier alpha value is -1.84. The molecule has 0 fully saturated rings. The summed E-state index contributed by atoms with van der Waals surface area (Å²) in [6, 6.07) is 9.84. The first-order valence-electron chi connectivity index (χ1n) is 6.76. The molecule has 112 valence electrons. The number of alkyl halides is 1. The molecule has 1 aliphatic rings. The number of amides is 1. The van der Waals surface area contributed by atoms with Gasteiger partial charge in [-0.1, -0.05) is 23.7 Å². The van der Waals surface area contributed by atoms with E-state index < -0.39 is 5.82 Å². The van der Waals surface area contributed by atoms with Gasteiger partial charge in [0.1, 0.15) is 5.82 Å². The third-order valence-corrected chi connectivity index (χ3v) is 4.03. The first kappa shape index (κ1) is 15.1. The molecule has 0 aliphatic carbocycles. The maximum absolute atomic E-state index is 13.1. The predicted molar refractivity (Wildman–Crippen MR) is 88.8 cm³/mol. The zero-order valence-electron chi connectivity index (χ0n) is 11.5. The molecule has 0 spiro atoms. The van der Waals surface area contributed by atoms with Crippen LogP contribution in [0.4, 0.5) is 10.1 Å². The van der Waals surface area contributed by atoms with Gasteiger partial charge in [0, 0.05) is 22.7 Å². The Bertz CT molecular complexity index is 786. The highest BCUT2D eigenvalue weighted by Gasteiger charge is 2.24. The highest BCUT2D eigenvalue weighted by molar-refractivity contribution is 6.37. The number of fused-ring (bicyclic) bond motifs is 1. The highest BCUT2D eigenvalue weighted by Crippen LogP contribution is 2.35. The largest absolute Gasteiger partial charge is 0.321 e. The average molecular weight is 336 g/mol. The van der Waals surface area contributed by atoms with E-state index in [0.29, 0.717) is 17.0 Å². The fraction of sp³-hybridized carbons (Fsp3) is 0.118. The van der Waals surface area contributed by atoms with Crippen LogP contribution in [-0.2, 0) is 11.2 Å². The monoisotopic (exact) mass is 335 g/mol. The number of benzene rings is 2. The zero-order chi connectivity index (χ0) is 15.7. The highest BCUT2D eigenvalue weighted by atomic mass is 35.5. The zero-order valence-corrected chi connectivity index (χ0v) is 13.0. The van der Waals surface area contributed by atoms with Crippen LogP contribution in [0.2, 0.25) is 5.02 Å². The standard InChI is InChI=1S/C17H12Cl2FNO/c18-6-5-10-1-4-16-13(7-10)14(17(22)21-16)8-11-2-3-12(20)9-15(11)19/h1-4,7-9H,5-6H2,(H,21,22). The summed E-state index contributed by atoms with van der Waals surface area (Å²) in [4.78, 5) is 12.2. The van der Waals surface area contributed by atoms with Gasteiger partial charge in [-0.25, -0.2) is 4.39 Å². The number of rotatable bonds is 3. The van der Waals surface area contributed by atoms with Gasteiger partial charge >= 0.3 is 0 Å². The lowest BCUT2D eigenvalue weighted by Gasteiger charge is -2.04. The van der Waals surface area contributed by atoms with Crippen molar-refractivity contribution in [1.29, 1.82) is 0 Å². The molecule has 0 unspecified atom stereocenters. The minimum absolute atomic E-state index is 0.196. The summed E-state index contributed by atoms with van der Waals surface area (Å²) in [5.74, 6) is -0.0885. The Kier molecular flexibility index (Phi) is 4.19. The molecule has 2 nitrogen and oxygen atoms in total. The normalized spacial score (nSPS) is 15.0. The summed E-state index contributed by atoms with van der Waals surface area (Å²) in [5, 5.41) is 3.08. The second kappa shape index (κ2) is 6.11. The van der Waals surface area contributed by atoms with Crippen molar-refractivity contribution in [3.63, 3.8) is 0 Å². The van der Waals surface area contributed by atoms with Crippen LogP contribution in [0, 0.1) is 5.82 Å². The summed E-state index contributed by atoms with van der Waals surface area (Å²) in [5.41, 5.74) is 3.74. The lowest BCUT2D eigenvalue weighted by Crippen LogP contribution is -2.03. The summed E-state index contributed by atoms with van der Waals surface area (Å²) in [7, 11) is 0. The Labute approximate surface area is 137 Å². The molecule has 1 heterocycles. The van der Waals surface area contributed by atoms with E-state index in [1.807, 2.05) is 18.2 Å². The van der Waals surface area contributed by atoms with Crippen LogP contribution >= 0.6 is 23.2 Å². The van der Waals surface area contributed by atoms with Crippen molar-refractivity contribution in [3.05, 3.63) is 63.9 Å². The Balaban J connectivity index is 2.07. The number of carbonyl (C=O) groups is 1. The quantitative estimate of drug-likeness (QED) is 0.636. The van der Waals surface area contributed by atoms with Gasteiger partial charge in [-0.15, -0.1) is 11.6 Å². The van der Waals surface area contributed by atoms with Crippen LogP contribution in [0.1, 0.15) is 16.7 Å². The number of nitrogens with one attached hydrogen (secondary N) is 1. The van der Waals surface area contributed by atoms with Crippen molar-refractivity contribution in [2.24, 2.45) is 0 Å². The molecule has 1 amide bonds. The predicted octanol–water partition coefficient (Wildman–Crippen LogP) is 4.75. The van der Waals surface area contributed by atoms with Gasteiger partial charge in [0.05, 0.1) is 5.02 Å². The van der Waals surface area contributed by atoms with E-state index >= 15 is 0 Å². The van der Waals surface area contributed by atoms with Gasteiger partial charge in [-0.2, -0.15) is 0 Å². The molecule has 1 N–H and O–H groups in total. The lowest BCUT2D eigenvalue weighted by atomic mass is 10.0. The molecule has 0 radical (unpaired) electrons. The minimum atomic E-state index is -0.409. The van der Waals surface area contributed by atoms with Crippen molar-refractivity contribution < 1.29 is 9.18 Å². The molecule has 22 heavy (non-hydrogen) atoms. The van der Waals surface area contributed by atoms with Crippen molar-refractivity contribution in [2.45, 2.75) is 6.42 Å². The van der Waals surface area contributed by atoms with Crippen molar-refractivity contribution in [1.82, 2.24) is 0 Å². The second-order valence-corrected chi connectivity index (χ2v) is 5.78. The smallest absolute Gasteiger partial charge is 0.256 e. The van der Waals surface area contributed by atoms with E-state index in [9.17, 15) is 9.18 Å². The van der Waals surface area contributed by atoms with Crippen molar-refractivity contribution >= 4 is 46.4 Å². The topological polar surface area (TPSA) is 29.1 Å². The second-order valence-electron chi connectivity index (χ2n) is 5.00. The van der Waals surface area contributed by atoms with Crippen LogP contribution in [0.15, 0.2) is 36.4 Å². The molecule has 0 aromatic heterocycles. The Morgan fingerprint density at radius 3 is 2.73 bits per heavy atom. The van der Waals surface area contributed by atoms with E-state index in [0.717, 1.165) is 23.2 Å². The van der Waals surface area contributed by atoms with Crippen molar-refractivity contribution in [2.75, 3.05) is 11.2 Å². The number of aryl methyl sites for hydroxylation is 1. The van der Waals surface area contributed by atoms with E-state index in [4.69, 9.17) is 23.2 Å². The van der Waals surface area contributed by atoms with Crippen LogP contribution in [-0.4, -0.2) is 11.8 Å². The van der Waals surface area contributed by atoms with E-state index in [2.05, 4.69) is 5.32 Å². The summed E-state index contributed by atoms with van der Waals surface area (Å²) in [6.07, 6.45) is 2.40. The van der Waals surface area contributed by atoms with E-state index in [1.165, 1.54) is 12.1 Å². The van der Waals surface area contributed by atoms with Crippen molar-refractivity contribution in [3.8, 4) is 0 Å². The first-order valence-corrected chi connectivity index (χ1v) is 7.67. The third-order valence-electron chi connectivity index (χ3n) is 3.51. The van der Waals surface area contributed by atoms with Crippen LogP contribution < -0.4 is 5.32 Å². The molecule has 1 aliphatic heterocycles. The fourth-order valence-electron chi connectivity index (χ4n) is 2.42. The lowest BCUT2D eigenvalue weighted by molar-refractivity contribution is -0.110. The van der Waals surface area contributed by atoms with Gasteiger partial charge < -0.3 is 5.32 Å². The number of carbonyl (C=O) groups excluding carboxylic acids is 1. The fourth-order valence-corrected chi connectivity index (χ4v) is 2.86. The first-order chi connectivity index (χ1) is 10.6. The summed E-state index contributed by atoms with van der Waals surface area (Å²) >= 11 is 11.8. The number of anilines is 1. The van der Waals surface area contributed by atoms with Crippen LogP contribution in [0.5, 0.6) is 0 Å². The van der Waals surface area contributed by atoms with Gasteiger partial charge in [-0.3, -0.25) is 4.79 Å². The summed E-state index contributed by atoms with van der Waals surface area (Å²) < 4.78 is 13.1. The van der Waals surface area contributed by atoms with Gasteiger partial charge in [0.15, 0.2) is 0 Å².